The number of pyridine rings is 1. The number of hydrogen-bond acceptors (Lipinski definition) is 11. The van der Waals surface area contributed by atoms with Gasteiger partial charge in [0.1, 0.15) is 9.71 Å². The molecule has 0 fully saturated rings. The third-order valence-electron chi connectivity index (χ3n) is 5.28. The fraction of sp³-hybridized carbons (Fsp3) is 0.318. The number of fused-ring (bicyclic) bond motifs is 2. The van der Waals surface area contributed by atoms with Crippen molar-refractivity contribution in [1.29, 1.82) is 0 Å². The highest BCUT2D eigenvalue weighted by molar-refractivity contribution is 7.22. The Morgan fingerprint density at radius 3 is 2.64 bits per heavy atom. The molecule has 3 aromatic heterocycles. The van der Waals surface area contributed by atoms with Gasteiger partial charge in [0.25, 0.3) is 5.89 Å². The summed E-state index contributed by atoms with van der Waals surface area (Å²) in [6.45, 7) is 2.47. The second kappa shape index (κ2) is 8.41. The molecule has 172 valence electrons. The fourth-order valence-electron chi connectivity index (χ4n) is 3.93. The average Bonchev–Trinajstić information content (AvgIpc) is 3.52. The number of benzene rings is 1. The molecule has 0 atom stereocenters. The molecule has 0 bridgehead atoms. The predicted octanol–water partition coefficient (Wildman–Crippen LogP) is 3.72. The molecule has 4 aromatic rings. The number of anilines is 1. The molecule has 11 heteroatoms. The smallest absolute Gasteiger partial charge is 0.270 e. The number of ether oxygens (including phenoxy) is 5. The molecule has 4 heterocycles. The van der Waals surface area contributed by atoms with E-state index in [1.807, 2.05) is 19.1 Å². The minimum Gasteiger partial charge on any atom is -0.493 e. The quantitative estimate of drug-likeness (QED) is 0.427. The highest BCUT2D eigenvalue weighted by Crippen LogP contribution is 2.50. The van der Waals surface area contributed by atoms with E-state index in [4.69, 9.17) is 33.9 Å². The van der Waals surface area contributed by atoms with Crippen molar-refractivity contribution in [3.05, 3.63) is 34.8 Å². The number of thiophene rings is 1. The van der Waals surface area contributed by atoms with E-state index < -0.39 is 0 Å². The van der Waals surface area contributed by atoms with Gasteiger partial charge in [0.2, 0.25) is 18.3 Å². The van der Waals surface area contributed by atoms with Crippen molar-refractivity contribution in [3.8, 4) is 33.8 Å². The van der Waals surface area contributed by atoms with Gasteiger partial charge in [-0.15, -0.1) is 11.3 Å². The number of hydrogen-bond donors (Lipinski definition) is 1. The molecule has 33 heavy (non-hydrogen) atoms. The Kier molecular flexibility index (Phi) is 5.43. The number of aromatic nitrogens is 3. The SMILES string of the molecule is COCc1cc(C)nc2sc(-c3nc(Cc4cc(OC)c5c(c4OC)OCO5)no3)c(N)c12. The van der Waals surface area contributed by atoms with E-state index >= 15 is 0 Å². The molecule has 0 saturated carbocycles. The molecule has 0 unspecified atom stereocenters. The first-order chi connectivity index (χ1) is 16.0. The Morgan fingerprint density at radius 2 is 1.88 bits per heavy atom. The summed E-state index contributed by atoms with van der Waals surface area (Å²) >= 11 is 1.41. The van der Waals surface area contributed by atoms with Gasteiger partial charge in [-0.1, -0.05) is 5.16 Å². The van der Waals surface area contributed by atoms with Crippen LogP contribution in [0.4, 0.5) is 5.69 Å². The maximum Gasteiger partial charge on any atom is 0.270 e. The third kappa shape index (κ3) is 3.58. The largest absolute Gasteiger partial charge is 0.493 e. The Morgan fingerprint density at radius 1 is 1.06 bits per heavy atom. The first-order valence-corrected chi connectivity index (χ1v) is 10.9. The Labute approximate surface area is 193 Å². The van der Waals surface area contributed by atoms with E-state index in [0.29, 0.717) is 58.3 Å². The number of rotatable bonds is 7. The Hall–Kier alpha value is -3.57. The Balaban J connectivity index is 1.52. The lowest BCUT2D eigenvalue weighted by Crippen LogP contribution is -1.99. The summed E-state index contributed by atoms with van der Waals surface area (Å²) in [6, 6.07) is 3.79. The van der Waals surface area contributed by atoms with E-state index in [2.05, 4.69) is 15.1 Å². The lowest BCUT2D eigenvalue weighted by Gasteiger charge is -2.12. The number of nitrogens with zero attached hydrogens (tertiary/aromatic N) is 3. The van der Waals surface area contributed by atoms with Crippen LogP contribution in [0.2, 0.25) is 0 Å². The van der Waals surface area contributed by atoms with Crippen LogP contribution in [-0.4, -0.2) is 43.2 Å². The lowest BCUT2D eigenvalue weighted by molar-refractivity contribution is 0.168. The van der Waals surface area contributed by atoms with Crippen molar-refractivity contribution in [2.75, 3.05) is 33.9 Å². The van der Waals surface area contributed by atoms with Crippen molar-refractivity contribution in [1.82, 2.24) is 15.1 Å². The number of methoxy groups -OCH3 is 3. The fourth-order valence-corrected chi connectivity index (χ4v) is 5.03. The Bertz CT molecular complexity index is 1350. The van der Waals surface area contributed by atoms with Crippen LogP contribution >= 0.6 is 11.3 Å². The maximum absolute atomic E-state index is 6.48. The van der Waals surface area contributed by atoms with Gasteiger partial charge in [0.15, 0.2) is 17.3 Å². The standard InChI is InChI=1S/C22H22N4O6S/c1-10-5-12(8-27-2)15-16(23)20(33-22(15)24-10)21-25-14(26-32-21)7-11-6-13(28-3)18-19(17(11)29-4)31-9-30-18/h5-6H,7-9,23H2,1-4H3. The predicted molar refractivity (Wildman–Crippen MR) is 121 cm³/mol. The summed E-state index contributed by atoms with van der Waals surface area (Å²) in [5.41, 5.74) is 9.66. The second-order valence-electron chi connectivity index (χ2n) is 7.41. The van der Waals surface area contributed by atoms with Gasteiger partial charge in [-0.05, 0) is 24.6 Å². The molecule has 0 saturated heterocycles. The van der Waals surface area contributed by atoms with Crippen molar-refractivity contribution >= 4 is 27.2 Å². The number of aryl methyl sites for hydroxylation is 1. The van der Waals surface area contributed by atoms with Crippen LogP contribution in [0.5, 0.6) is 23.0 Å². The van der Waals surface area contributed by atoms with Crippen LogP contribution in [-0.2, 0) is 17.8 Å². The van der Waals surface area contributed by atoms with Crippen molar-refractivity contribution in [2.45, 2.75) is 20.0 Å². The van der Waals surface area contributed by atoms with Crippen molar-refractivity contribution in [3.63, 3.8) is 0 Å². The zero-order valence-electron chi connectivity index (χ0n) is 18.6. The summed E-state index contributed by atoms with van der Waals surface area (Å²) in [7, 11) is 4.78. The molecule has 0 aliphatic carbocycles. The summed E-state index contributed by atoms with van der Waals surface area (Å²) in [5, 5.41) is 5.00. The van der Waals surface area contributed by atoms with Crippen LogP contribution in [0, 0.1) is 6.92 Å². The van der Waals surface area contributed by atoms with Gasteiger partial charge in [-0.25, -0.2) is 4.98 Å². The van der Waals surface area contributed by atoms with Crippen LogP contribution < -0.4 is 24.7 Å². The maximum atomic E-state index is 6.48. The minimum absolute atomic E-state index is 0.0989. The molecule has 1 aliphatic rings. The average molecular weight is 471 g/mol. The van der Waals surface area contributed by atoms with E-state index in [0.717, 1.165) is 27.0 Å². The molecule has 10 nitrogen and oxygen atoms in total. The van der Waals surface area contributed by atoms with Crippen molar-refractivity contribution in [2.24, 2.45) is 0 Å². The molecule has 0 spiro atoms. The van der Waals surface area contributed by atoms with E-state index in [9.17, 15) is 0 Å². The normalized spacial score (nSPS) is 12.5. The highest BCUT2D eigenvalue weighted by atomic mass is 32.1. The summed E-state index contributed by atoms with van der Waals surface area (Å²) < 4.78 is 33.0. The van der Waals surface area contributed by atoms with Crippen LogP contribution in [0.1, 0.15) is 22.6 Å². The second-order valence-corrected chi connectivity index (χ2v) is 8.41. The first kappa shape index (κ1) is 21.3. The van der Waals surface area contributed by atoms with Gasteiger partial charge in [-0.2, -0.15) is 4.98 Å². The van der Waals surface area contributed by atoms with Gasteiger partial charge in [0, 0.05) is 30.2 Å². The van der Waals surface area contributed by atoms with Crippen molar-refractivity contribution < 1.29 is 28.2 Å². The van der Waals surface area contributed by atoms with Gasteiger partial charge >= 0.3 is 0 Å². The van der Waals surface area contributed by atoms with E-state index in [1.54, 1.807) is 21.3 Å². The lowest BCUT2D eigenvalue weighted by atomic mass is 10.1. The van der Waals surface area contributed by atoms with Gasteiger partial charge in [0.05, 0.1) is 26.5 Å². The number of nitrogen functional groups attached to an aromatic ring is 1. The van der Waals surface area contributed by atoms with Crippen LogP contribution in [0.25, 0.3) is 21.0 Å². The summed E-state index contributed by atoms with van der Waals surface area (Å²) in [4.78, 5) is 10.7. The molecular formula is C22H22N4O6S. The zero-order chi connectivity index (χ0) is 23.1. The molecular weight excluding hydrogens is 448 g/mol. The van der Waals surface area contributed by atoms with Crippen LogP contribution in [0.15, 0.2) is 16.7 Å². The molecule has 1 aromatic carbocycles. The molecule has 0 amide bonds. The zero-order valence-corrected chi connectivity index (χ0v) is 19.4. The number of nitrogens with two attached hydrogens (primary N) is 1. The molecule has 5 rings (SSSR count). The van der Waals surface area contributed by atoms with Gasteiger partial charge < -0.3 is 33.9 Å². The van der Waals surface area contributed by atoms with E-state index in [-0.39, 0.29) is 6.79 Å². The topological polar surface area (TPSA) is 124 Å². The summed E-state index contributed by atoms with van der Waals surface area (Å²) in [5.74, 6) is 2.89. The summed E-state index contributed by atoms with van der Waals surface area (Å²) in [6.07, 6.45) is 0.330. The molecule has 0 radical (unpaired) electrons. The van der Waals surface area contributed by atoms with Gasteiger partial charge in [-0.3, -0.25) is 0 Å². The van der Waals surface area contributed by atoms with E-state index in [1.165, 1.54) is 11.3 Å². The molecule has 1 aliphatic heterocycles. The molecule has 2 N–H and O–H groups in total. The minimum atomic E-state index is 0.0989. The first-order valence-electron chi connectivity index (χ1n) is 10.1. The third-order valence-corrected chi connectivity index (χ3v) is 6.37. The monoisotopic (exact) mass is 470 g/mol. The highest BCUT2D eigenvalue weighted by Gasteiger charge is 2.28. The van der Waals surface area contributed by atoms with Crippen LogP contribution in [0.3, 0.4) is 0 Å².